The van der Waals surface area contributed by atoms with Gasteiger partial charge in [-0.15, -0.1) is 24.8 Å². The lowest BCUT2D eigenvalue weighted by Crippen LogP contribution is -2.48. The number of amides is 1. The molecule has 1 fully saturated rings. The third kappa shape index (κ3) is 5.06. The quantitative estimate of drug-likeness (QED) is 0.789. The number of benzene rings is 1. The Kier molecular flexibility index (Phi) is 8.77. The molecule has 144 valence electrons. The highest BCUT2D eigenvalue weighted by Crippen LogP contribution is 2.15. The second-order valence-electron chi connectivity index (χ2n) is 6.02. The summed E-state index contributed by atoms with van der Waals surface area (Å²) < 4.78 is 1.60. The third-order valence-corrected chi connectivity index (χ3v) is 4.33. The van der Waals surface area contributed by atoms with Gasteiger partial charge in [-0.3, -0.25) is 4.79 Å². The van der Waals surface area contributed by atoms with E-state index in [0.717, 1.165) is 18.5 Å². The van der Waals surface area contributed by atoms with E-state index in [2.05, 4.69) is 20.8 Å². The van der Waals surface area contributed by atoms with E-state index in [4.69, 9.17) is 5.73 Å². The molecule has 1 saturated heterocycles. The van der Waals surface area contributed by atoms with Crippen molar-refractivity contribution in [2.24, 2.45) is 5.73 Å². The third-order valence-electron chi connectivity index (χ3n) is 4.33. The van der Waals surface area contributed by atoms with E-state index in [9.17, 15) is 4.79 Å². The maximum atomic E-state index is 12.8. The topological polar surface area (TPSA) is 102 Å². The normalized spacial score (nSPS) is 15.5. The van der Waals surface area contributed by atoms with Crippen LogP contribution in [-0.2, 0) is 4.79 Å². The van der Waals surface area contributed by atoms with Crippen LogP contribution < -0.4 is 11.1 Å². The van der Waals surface area contributed by atoms with Gasteiger partial charge >= 0.3 is 0 Å². The number of aromatic nitrogens is 4. The van der Waals surface area contributed by atoms with Crippen LogP contribution in [0.15, 0.2) is 30.3 Å². The molecule has 1 aromatic heterocycles. The molecular formula is C16H25Cl2N7O. The summed E-state index contributed by atoms with van der Waals surface area (Å²) in [4.78, 5) is 14.6. The molecule has 2 heterocycles. The Hall–Kier alpha value is -1.90. The molecule has 0 radical (unpaired) electrons. The number of rotatable bonds is 5. The second kappa shape index (κ2) is 10.3. The molecule has 1 amide bonds. The Balaban J connectivity index is 0.00000169. The van der Waals surface area contributed by atoms with Crippen molar-refractivity contribution >= 4 is 36.7 Å². The molecule has 1 atom stereocenters. The molecule has 1 unspecified atom stereocenters. The molecular weight excluding hydrogens is 377 g/mol. The highest BCUT2D eigenvalue weighted by Gasteiger charge is 2.27. The molecule has 3 rings (SSSR count). The zero-order valence-electron chi connectivity index (χ0n) is 14.6. The Morgan fingerprint density at radius 2 is 1.92 bits per heavy atom. The molecule has 0 bridgehead atoms. The molecule has 3 N–H and O–H groups in total. The lowest BCUT2D eigenvalue weighted by atomic mass is 10.0. The van der Waals surface area contributed by atoms with Crippen molar-refractivity contribution in [3.8, 4) is 5.69 Å². The van der Waals surface area contributed by atoms with E-state index in [0.29, 0.717) is 25.5 Å². The van der Waals surface area contributed by atoms with Gasteiger partial charge in [0.15, 0.2) is 0 Å². The van der Waals surface area contributed by atoms with Gasteiger partial charge in [0.2, 0.25) is 11.9 Å². The van der Waals surface area contributed by atoms with E-state index < -0.39 is 0 Å². The number of para-hydroxylation sites is 1. The summed E-state index contributed by atoms with van der Waals surface area (Å²) in [6.07, 6.45) is 2.36. The number of nitrogens with zero attached hydrogens (tertiary/aromatic N) is 5. The number of nitrogens with two attached hydrogens (primary N) is 1. The minimum absolute atomic E-state index is 0. The van der Waals surface area contributed by atoms with Gasteiger partial charge in [-0.05, 0) is 41.8 Å². The molecule has 0 aliphatic carbocycles. The van der Waals surface area contributed by atoms with Crippen LogP contribution in [-0.4, -0.2) is 56.2 Å². The lowest BCUT2D eigenvalue weighted by molar-refractivity contribution is -0.133. The summed E-state index contributed by atoms with van der Waals surface area (Å²) in [5.41, 5.74) is 6.76. The largest absolute Gasteiger partial charge is 0.341 e. The molecule has 1 aliphatic rings. The number of halogens is 2. The second-order valence-corrected chi connectivity index (χ2v) is 6.02. The Bertz CT molecular complexity index is 674. The number of anilines is 1. The zero-order chi connectivity index (χ0) is 16.9. The molecule has 0 saturated carbocycles. The van der Waals surface area contributed by atoms with Crippen molar-refractivity contribution in [3.63, 3.8) is 0 Å². The summed E-state index contributed by atoms with van der Waals surface area (Å²) in [5, 5.41) is 14.9. The highest BCUT2D eigenvalue weighted by atomic mass is 35.5. The molecule has 8 nitrogen and oxygen atoms in total. The number of nitrogens with one attached hydrogen (secondary N) is 1. The lowest BCUT2D eigenvalue weighted by Gasteiger charge is -2.32. The van der Waals surface area contributed by atoms with E-state index >= 15 is 0 Å². The van der Waals surface area contributed by atoms with Crippen molar-refractivity contribution in [2.45, 2.75) is 38.3 Å². The summed E-state index contributed by atoms with van der Waals surface area (Å²) in [5.74, 6) is 0.544. The van der Waals surface area contributed by atoms with Gasteiger partial charge in [-0.25, -0.2) is 0 Å². The fraction of sp³-hybridized carbons (Fsp3) is 0.500. The van der Waals surface area contributed by atoms with Gasteiger partial charge in [-0.2, -0.15) is 4.68 Å². The molecule has 26 heavy (non-hydrogen) atoms. The van der Waals surface area contributed by atoms with Crippen molar-refractivity contribution in [3.05, 3.63) is 30.3 Å². The number of carbonyl (C=O) groups excluding carboxylic acids is 1. The predicted molar refractivity (Wildman–Crippen MR) is 105 cm³/mol. The number of hydrogen-bond acceptors (Lipinski definition) is 6. The van der Waals surface area contributed by atoms with E-state index in [1.807, 2.05) is 42.2 Å². The Morgan fingerprint density at radius 1 is 1.27 bits per heavy atom. The average molecular weight is 402 g/mol. The Morgan fingerprint density at radius 3 is 2.54 bits per heavy atom. The van der Waals surface area contributed by atoms with Crippen LogP contribution in [0.5, 0.6) is 0 Å². The molecule has 1 aromatic carbocycles. The van der Waals surface area contributed by atoms with Crippen LogP contribution in [0.2, 0.25) is 0 Å². The first kappa shape index (κ1) is 22.1. The van der Waals surface area contributed by atoms with Crippen molar-refractivity contribution < 1.29 is 4.79 Å². The molecule has 10 heteroatoms. The number of tetrazole rings is 1. The van der Waals surface area contributed by atoms with Crippen molar-refractivity contribution in [1.82, 2.24) is 25.1 Å². The summed E-state index contributed by atoms with van der Waals surface area (Å²) in [6, 6.07) is 9.44. The minimum Gasteiger partial charge on any atom is -0.341 e. The van der Waals surface area contributed by atoms with Gasteiger partial charge in [-0.1, -0.05) is 30.2 Å². The van der Waals surface area contributed by atoms with Crippen molar-refractivity contribution in [2.75, 3.05) is 18.4 Å². The van der Waals surface area contributed by atoms with Crippen LogP contribution in [0.25, 0.3) is 5.69 Å². The van der Waals surface area contributed by atoms with E-state index in [-0.39, 0.29) is 42.8 Å². The monoisotopic (exact) mass is 401 g/mol. The average Bonchev–Trinajstić information content (AvgIpc) is 3.08. The van der Waals surface area contributed by atoms with E-state index in [1.54, 1.807) is 4.68 Å². The molecule has 2 aromatic rings. The maximum absolute atomic E-state index is 12.8. The van der Waals surface area contributed by atoms with Gasteiger partial charge in [0, 0.05) is 19.1 Å². The fourth-order valence-corrected chi connectivity index (χ4v) is 2.85. The number of likely N-dealkylation sites (tertiary alicyclic amines) is 1. The van der Waals surface area contributed by atoms with Gasteiger partial charge < -0.3 is 16.0 Å². The van der Waals surface area contributed by atoms with Crippen LogP contribution >= 0.6 is 24.8 Å². The number of piperidine rings is 1. The zero-order valence-corrected chi connectivity index (χ0v) is 16.2. The summed E-state index contributed by atoms with van der Waals surface area (Å²) >= 11 is 0. The molecule has 1 aliphatic heterocycles. The summed E-state index contributed by atoms with van der Waals surface area (Å²) in [7, 11) is 0. The first-order chi connectivity index (χ1) is 11.7. The fourth-order valence-electron chi connectivity index (χ4n) is 2.85. The number of hydrogen-bond donors (Lipinski definition) is 2. The van der Waals surface area contributed by atoms with Crippen LogP contribution in [0, 0.1) is 0 Å². The number of carbonyl (C=O) groups is 1. The van der Waals surface area contributed by atoms with Crippen LogP contribution in [0.1, 0.15) is 26.2 Å². The van der Waals surface area contributed by atoms with Gasteiger partial charge in [0.05, 0.1) is 5.69 Å². The predicted octanol–water partition coefficient (Wildman–Crippen LogP) is 1.65. The Labute approximate surface area is 165 Å². The first-order valence-corrected chi connectivity index (χ1v) is 8.33. The minimum atomic E-state index is -0.354. The first-order valence-electron chi connectivity index (χ1n) is 8.33. The summed E-state index contributed by atoms with van der Waals surface area (Å²) in [6.45, 7) is 3.39. The van der Waals surface area contributed by atoms with Crippen LogP contribution in [0.3, 0.4) is 0 Å². The standard InChI is InChI=1S/C16H23N7O.2ClH/c1-2-14(15(24)22-10-8-12(17)9-11-22)18-16-19-20-21-23(16)13-6-4-3-5-7-13;;/h3-7,12,14H,2,8-11,17H2,1H3,(H,18,19,21);2*1H. The molecule has 0 spiro atoms. The maximum Gasteiger partial charge on any atom is 0.248 e. The van der Waals surface area contributed by atoms with E-state index in [1.165, 1.54) is 0 Å². The SMILES string of the molecule is CCC(Nc1nnnn1-c1ccccc1)C(=O)N1CCC(N)CC1.Cl.Cl. The van der Waals surface area contributed by atoms with Crippen LogP contribution in [0.4, 0.5) is 5.95 Å². The van der Waals surface area contributed by atoms with Gasteiger partial charge in [0.25, 0.3) is 0 Å². The highest BCUT2D eigenvalue weighted by molar-refractivity contribution is 5.85. The van der Waals surface area contributed by atoms with Gasteiger partial charge in [0.1, 0.15) is 6.04 Å². The smallest absolute Gasteiger partial charge is 0.248 e. The van der Waals surface area contributed by atoms with Crippen molar-refractivity contribution in [1.29, 1.82) is 0 Å².